The molecule has 0 aliphatic carbocycles. The SMILES string of the molecule is Cc1nc(Cl)cc(NCCOc2ccc(C(F)(F)F)cc2)n1. The minimum atomic E-state index is -4.34. The second-order valence-corrected chi connectivity index (χ2v) is 4.81. The number of alkyl halides is 3. The third-order valence-electron chi connectivity index (χ3n) is 2.67. The summed E-state index contributed by atoms with van der Waals surface area (Å²) in [6.45, 7) is 2.41. The quantitative estimate of drug-likeness (QED) is 0.665. The van der Waals surface area contributed by atoms with Crippen LogP contribution >= 0.6 is 11.6 Å². The third kappa shape index (κ3) is 4.77. The number of halogens is 4. The molecule has 0 bridgehead atoms. The molecule has 1 N–H and O–H groups in total. The standard InChI is InChI=1S/C14H13ClF3N3O/c1-9-20-12(15)8-13(21-9)19-6-7-22-11-4-2-10(3-5-11)14(16,17)18/h2-5,8H,6-7H2,1H3,(H,19,20,21). The van der Waals surface area contributed by atoms with E-state index in [4.69, 9.17) is 16.3 Å². The molecular formula is C14H13ClF3N3O. The molecule has 0 amide bonds. The number of nitrogens with zero attached hydrogens (tertiary/aromatic N) is 2. The zero-order valence-electron chi connectivity index (χ0n) is 11.6. The summed E-state index contributed by atoms with van der Waals surface area (Å²) in [5.41, 5.74) is -0.705. The molecule has 0 radical (unpaired) electrons. The van der Waals surface area contributed by atoms with Gasteiger partial charge in [0.15, 0.2) is 0 Å². The number of aromatic nitrogens is 2. The molecule has 0 aliphatic rings. The molecule has 8 heteroatoms. The summed E-state index contributed by atoms with van der Waals surface area (Å²) in [5.74, 6) is 1.47. The first-order valence-corrected chi connectivity index (χ1v) is 6.77. The van der Waals surface area contributed by atoms with Gasteiger partial charge >= 0.3 is 6.18 Å². The first-order valence-electron chi connectivity index (χ1n) is 6.40. The van der Waals surface area contributed by atoms with Gasteiger partial charge in [-0.25, -0.2) is 9.97 Å². The van der Waals surface area contributed by atoms with Gasteiger partial charge in [0.05, 0.1) is 12.1 Å². The van der Waals surface area contributed by atoms with Crippen molar-refractivity contribution < 1.29 is 17.9 Å². The molecule has 1 heterocycles. The van der Waals surface area contributed by atoms with Crippen LogP contribution in [0.25, 0.3) is 0 Å². The molecule has 1 aromatic carbocycles. The Morgan fingerprint density at radius 1 is 1.18 bits per heavy atom. The Kier molecular flexibility index (Phi) is 5.07. The Balaban J connectivity index is 1.81. The van der Waals surface area contributed by atoms with Crippen molar-refractivity contribution in [1.82, 2.24) is 9.97 Å². The topological polar surface area (TPSA) is 47.0 Å². The third-order valence-corrected chi connectivity index (χ3v) is 2.86. The number of ether oxygens (including phenoxy) is 1. The minimum Gasteiger partial charge on any atom is -0.492 e. The summed E-state index contributed by atoms with van der Waals surface area (Å²) in [6.07, 6.45) is -4.34. The Morgan fingerprint density at radius 2 is 1.86 bits per heavy atom. The maximum absolute atomic E-state index is 12.4. The van der Waals surface area contributed by atoms with E-state index in [1.54, 1.807) is 13.0 Å². The van der Waals surface area contributed by atoms with Gasteiger partial charge in [0.1, 0.15) is 29.2 Å². The summed E-state index contributed by atoms with van der Waals surface area (Å²) >= 11 is 5.80. The highest BCUT2D eigenvalue weighted by molar-refractivity contribution is 6.29. The second kappa shape index (κ2) is 6.83. The maximum atomic E-state index is 12.4. The van der Waals surface area contributed by atoms with Gasteiger partial charge < -0.3 is 10.1 Å². The Labute approximate surface area is 130 Å². The van der Waals surface area contributed by atoms with Crippen LogP contribution in [0.15, 0.2) is 30.3 Å². The molecular weight excluding hydrogens is 319 g/mol. The summed E-state index contributed by atoms with van der Waals surface area (Å²) in [4.78, 5) is 8.06. The predicted octanol–water partition coefficient (Wildman–Crippen LogP) is 3.95. The van der Waals surface area contributed by atoms with Crippen molar-refractivity contribution in [2.24, 2.45) is 0 Å². The van der Waals surface area contributed by atoms with E-state index in [2.05, 4.69) is 15.3 Å². The lowest BCUT2D eigenvalue weighted by atomic mass is 10.2. The summed E-state index contributed by atoms with van der Waals surface area (Å²) in [5, 5.41) is 3.32. The van der Waals surface area contributed by atoms with Crippen LogP contribution in [0.1, 0.15) is 11.4 Å². The van der Waals surface area contributed by atoms with Crippen molar-refractivity contribution in [2.75, 3.05) is 18.5 Å². The fourth-order valence-electron chi connectivity index (χ4n) is 1.71. The number of anilines is 1. The van der Waals surface area contributed by atoms with E-state index in [-0.39, 0.29) is 6.61 Å². The molecule has 4 nitrogen and oxygen atoms in total. The average molecular weight is 332 g/mol. The van der Waals surface area contributed by atoms with E-state index in [9.17, 15) is 13.2 Å². The minimum absolute atomic E-state index is 0.270. The maximum Gasteiger partial charge on any atom is 0.416 e. The Bertz CT molecular complexity index is 612. The first-order chi connectivity index (χ1) is 10.3. The molecule has 0 unspecified atom stereocenters. The average Bonchev–Trinajstić information content (AvgIpc) is 2.42. The molecule has 0 fully saturated rings. The highest BCUT2D eigenvalue weighted by Gasteiger charge is 2.29. The Morgan fingerprint density at radius 3 is 2.45 bits per heavy atom. The first kappa shape index (κ1) is 16.4. The number of hydrogen-bond donors (Lipinski definition) is 1. The fourth-order valence-corrected chi connectivity index (χ4v) is 1.94. The lowest BCUT2D eigenvalue weighted by Crippen LogP contribution is -2.13. The number of aryl methyl sites for hydroxylation is 1. The zero-order chi connectivity index (χ0) is 16.2. The van der Waals surface area contributed by atoms with Gasteiger partial charge in [-0.2, -0.15) is 13.2 Å². The number of rotatable bonds is 5. The van der Waals surface area contributed by atoms with Crippen molar-refractivity contribution in [3.63, 3.8) is 0 Å². The van der Waals surface area contributed by atoms with Gasteiger partial charge in [-0.1, -0.05) is 11.6 Å². The molecule has 22 heavy (non-hydrogen) atoms. The molecule has 0 saturated heterocycles. The van der Waals surface area contributed by atoms with Crippen molar-refractivity contribution >= 4 is 17.4 Å². The lowest BCUT2D eigenvalue weighted by molar-refractivity contribution is -0.137. The van der Waals surface area contributed by atoms with Crippen molar-refractivity contribution in [2.45, 2.75) is 13.1 Å². The molecule has 0 spiro atoms. The van der Waals surface area contributed by atoms with E-state index in [0.717, 1.165) is 12.1 Å². The van der Waals surface area contributed by atoms with Gasteiger partial charge in [-0.05, 0) is 31.2 Å². The largest absolute Gasteiger partial charge is 0.492 e. The van der Waals surface area contributed by atoms with Gasteiger partial charge in [0.25, 0.3) is 0 Å². The van der Waals surface area contributed by atoms with Crippen LogP contribution in [-0.2, 0) is 6.18 Å². The van der Waals surface area contributed by atoms with Gasteiger partial charge in [-0.3, -0.25) is 0 Å². The molecule has 2 aromatic rings. The molecule has 0 atom stereocenters. The van der Waals surface area contributed by atoms with Crippen LogP contribution in [0.2, 0.25) is 5.15 Å². The molecule has 0 saturated carbocycles. The van der Waals surface area contributed by atoms with Crippen LogP contribution in [0, 0.1) is 6.92 Å². The predicted molar refractivity (Wildman–Crippen MR) is 77.2 cm³/mol. The number of nitrogens with one attached hydrogen (secondary N) is 1. The summed E-state index contributed by atoms with van der Waals surface area (Å²) in [7, 11) is 0. The highest BCUT2D eigenvalue weighted by Crippen LogP contribution is 2.30. The lowest BCUT2D eigenvalue weighted by Gasteiger charge is -2.10. The van der Waals surface area contributed by atoms with Gasteiger partial charge in [-0.15, -0.1) is 0 Å². The Hall–Kier alpha value is -2.02. The normalized spacial score (nSPS) is 11.3. The van der Waals surface area contributed by atoms with Crippen LogP contribution < -0.4 is 10.1 Å². The second-order valence-electron chi connectivity index (χ2n) is 4.42. The highest BCUT2D eigenvalue weighted by atomic mass is 35.5. The van der Waals surface area contributed by atoms with Crippen molar-refractivity contribution in [3.05, 3.63) is 46.9 Å². The van der Waals surface area contributed by atoms with Crippen LogP contribution in [0.3, 0.4) is 0 Å². The molecule has 0 aliphatic heterocycles. The monoisotopic (exact) mass is 331 g/mol. The number of hydrogen-bond acceptors (Lipinski definition) is 4. The fraction of sp³-hybridized carbons (Fsp3) is 0.286. The van der Waals surface area contributed by atoms with Crippen LogP contribution in [-0.4, -0.2) is 23.1 Å². The molecule has 1 aromatic heterocycles. The van der Waals surface area contributed by atoms with E-state index >= 15 is 0 Å². The van der Waals surface area contributed by atoms with Crippen molar-refractivity contribution in [1.29, 1.82) is 0 Å². The van der Waals surface area contributed by atoms with Gasteiger partial charge in [0, 0.05) is 6.07 Å². The van der Waals surface area contributed by atoms with Gasteiger partial charge in [0.2, 0.25) is 0 Å². The van der Waals surface area contributed by atoms with Crippen molar-refractivity contribution in [3.8, 4) is 5.75 Å². The summed E-state index contributed by atoms with van der Waals surface area (Å²) in [6, 6.07) is 6.11. The van der Waals surface area contributed by atoms with Crippen LogP contribution in [0.5, 0.6) is 5.75 Å². The van der Waals surface area contributed by atoms with E-state index in [0.29, 0.717) is 29.1 Å². The van der Waals surface area contributed by atoms with E-state index in [1.165, 1.54) is 12.1 Å². The summed E-state index contributed by atoms with van der Waals surface area (Å²) < 4.78 is 42.6. The zero-order valence-corrected chi connectivity index (χ0v) is 12.4. The molecule has 2 rings (SSSR count). The van der Waals surface area contributed by atoms with Crippen LogP contribution in [0.4, 0.5) is 19.0 Å². The van der Waals surface area contributed by atoms with E-state index < -0.39 is 11.7 Å². The molecule has 118 valence electrons. The van der Waals surface area contributed by atoms with E-state index in [1.807, 2.05) is 0 Å². The smallest absolute Gasteiger partial charge is 0.416 e. The number of benzene rings is 1.